The molecule has 2 heteroatoms. The second-order valence-electron chi connectivity index (χ2n) is 0.206. The number of nitrogens with zero attached hydrogens (tertiary/aromatic N) is 1. The maximum atomic E-state index is 7.73. The van der Waals surface area contributed by atoms with E-state index in [1.807, 2.05) is 0 Å². The third kappa shape index (κ3) is 1.97. The summed E-state index contributed by atoms with van der Waals surface area (Å²) < 4.78 is 12.8. The zero-order valence-corrected chi connectivity index (χ0v) is 3.41. The lowest BCUT2D eigenvalue weighted by atomic mass is 10.9. The van der Waals surface area contributed by atoms with Gasteiger partial charge in [-0.1, -0.05) is 15.9 Å². The molecular weight excluding hydrogens is 118 g/mol. The van der Waals surface area contributed by atoms with Crippen molar-refractivity contribution in [2.24, 2.45) is 0 Å². The molecule has 0 saturated carbocycles. The van der Waals surface area contributed by atoms with E-state index in [-0.39, 0.29) is 0 Å². The Morgan fingerprint density at radius 2 is 2.75 bits per heavy atom. The molecule has 0 saturated heterocycles. The highest BCUT2D eigenvalue weighted by Crippen LogP contribution is 1.68. The zero-order chi connectivity index (χ0) is 5.21. The lowest BCUT2D eigenvalue weighted by molar-refractivity contribution is 1.50. The molecule has 0 spiro atoms. The Labute approximate surface area is 36.2 Å². The fourth-order valence-corrected chi connectivity index (χ4v) is 0. The van der Waals surface area contributed by atoms with Crippen molar-refractivity contribution in [2.75, 3.05) is 5.28 Å². The van der Waals surface area contributed by atoms with Crippen LogP contribution in [0.4, 0.5) is 0 Å². The highest BCUT2D eigenvalue weighted by Gasteiger charge is 1.52. The van der Waals surface area contributed by atoms with Gasteiger partial charge in [-0.05, 0) is 0 Å². The quantitative estimate of drug-likeness (QED) is 0.438. The smallest absolute Gasteiger partial charge is 0.0905 e. The predicted molar refractivity (Wildman–Crippen MR) is 19.4 cm³/mol. The monoisotopic (exact) mass is 121 g/mol. The van der Waals surface area contributed by atoms with E-state index in [1.165, 1.54) is 6.07 Å². The summed E-state index contributed by atoms with van der Waals surface area (Å²) in [6, 6.07) is 1.35. The lowest BCUT2D eigenvalue weighted by Gasteiger charge is -1.44. The minimum atomic E-state index is -1.84. The van der Waals surface area contributed by atoms with Gasteiger partial charge < -0.3 is 0 Å². The Hall–Kier alpha value is -0.0300. The van der Waals surface area contributed by atoms with Gasteiger partial charge in [-0.2, -0.15) is 5.26 Å². The Balaban J connectivity index is 3.55. The van der Waals surface area contributed by atoms with Crippen LogP contribution in [0, 0.1) is 11.3 Å². The second kappa shape index (κ2) is 2.97. The highest BCUT2D eigenvalue weighted by atomic mass is 79.9. The summed E-state index contributed by atoms with van der Waals surface area (Å²) in [5, 5.41) is 5.89. The molecule has 0 atom stereocenters. The lowest BCUT2D eigenvalue weighted by Crippen LogP contribution is -1.45. The van der Waals surface area contributed by atoms with E-state index in [9.17, 15) is 0 Å². The van der Waals surface area contributed by atoms with Crippen molar-refractivity contribution < 1.29 is 2.74 Å². The molecule has 4 heavy (non-hydrogen) atoms. The Kier molecular flexibility index (Phi) is 1.05. The molecule has 0 aliphatic carbocycles. The van der Waals surface area contributed by atoms with Crippen LogP contribution in [-0.4, -0.2) is 5.28 Å². The van der Waals surface area contributed by atoms with Crippen LogP contribution >= 0.6 is 15.9 Å². The molecule has 0 aliphatic rings. The van der Waals surface area contributed by atoms with Gasteiger partial charge in [-0.15, -0.1) is 0 Å². The molecule has 0 aromatic heterocycles. The first-order chi connectivity index (χ1) is 2.56. The van der Waals surface area contributed by atoms with Gasteiger partial charge in [0, 0.05) is 0 Å². The highest BCUT2D eigenvalue weighted by molar-refractivity contribution is 9.09. The standard InChI is InChI=1S/C2H2BrN/c3-1-2-4/h1H2/i1D2. The molecule has 0 fully saturated rings. The zero-order valence-electron chi connectivity index (χ0n) is 3.83. The minimum absolute atomic E-state index is 1.35. The van der Waals surface area contributed by atoms with E-state index in [1.54, 1.807) is 0 Å². The van der Waals surface area contributed by atoms with Gasteiger partial charge in [-0.3, -0.25) is 0 Å². The molecule has 0 N–H and O–H groups in total. The molecule has 0 radical (unpaired) electrons. The number of nitriles is 1. The summed E-state index contributed by atoms with van der Waals surface area (Å²) in [5.41, 5.74) is 0. The maximum Gasteiger partial charge on any atom is 0.0905 e. The van der Waals surface area contributed by atoms with E-state index in [0.29, 0.717) is 0 Å². The van der Waals surface area contributed by atoms with Crippen molar-refractivity contribution in [3.63, 3.8) is 0 Å². The van der Waals surface area contributed by atoms with Crippen LogP contribution in [-0.2, 0) is 0 Å². The third-order valence-corrected chi connectivity index (χ3v) is 0.220. The number of hydrogen-bond acceptors (Lipinski definition) is 1. The number of halogens is 1. The summed E-state index contributed by atoms with van der Waals surface area (Å²) in [6.07, 6.45) is 0. The first kappa shape index (κ1) is 1.42. The molecule has 0 rings (SSSR count). The first-order valence-electron chi connectivity index (χ1n) is 1.66. The van der Waals surface area contributed by atoms with Crippen LogP contribution in [0.1, 0.15) is 2.74 Å². The topological polar surface area (TPSA) is 23.8 Å². The van der Waals surface area contributed by atoms with Crippen LogP contribution in [0.3, 0.4) is 0 Å². The van der Waals surface area contributed by atoms with Crippen molar-refractivity contribution in [3.05, 3.63) is 0 Å². The molecule has 0 bridgehead atoms. The Morgan fingerprint density at radius 1 is 2.50 bits per heavy atom. The van der Waals surface area contributed by atoms with E-state index < -0.39 is 5.28 Å². The first-order valence-corrected chi connectivity index (χ1v) is 1.46. The van der Waals surface area contributed by atoms with E-state index in [4.69, 9.17) is 8.00 Å². The van der Waals surface area contributed by atoms with Crippen LogP contribution in [0.25, 0.3) is 0 Å². The third-order valence-electron chi connectivity index (χ3n) is 0.0423. The summed E-state index contributed by atoms with van der Waals surface area (Å²) in [5.74, 6) is 0. The van der Waals surface area contributed by atoms with Gasteiger partial charge >= 0.3 is 0 Å². The van der Waals surface area contributed by atoms with Gasteiger partial charge in [0.05, 0.1) is 14.1 Å². The van der Waals surface area contributed by atoms with Crippen LogP contribution in [0.2, 0.25) is 0 Å². The summed E-state index contributed by atoms with van der Waals surface area (Å²) in [4.78, 5) is 0. The molecule has 0 unspecified atom stereocenters. The van der Waals surface area contributed by atoms with Crippen molar-refractivity contribution >= 4 is 15.9 Å². The summed E-state index contributed by atoms with van der Waals surface area (Å²) in [7, 11) is 0. The average Bonchev–Trinajstić information content (AvgIpc) is 1.35. The molecule has 0 amide bonds. The van der Waals surface area contributed by atoms with Crippen LogP contribution in [0.15, 0.2) is 0 Å². The van der Waals surface area contributed by atoms with E-state index in [2.05, 4.69) is 15.9 Å². The summed E-state index contributed by atoms with van der Waals surface area (Å²) >= 11 is 2.45. The van der Waals surface area contributed by atoms with Crippen LogP contribution in [0.5, 0.6) is 0 Å². The van der Waals surface area contributed by atoms with Gasteiger partial charge in [0.2, 0.25) is 0 Å². The molecule has 22 valence electrons. The normalized spacial score (nSPS) is 16.0. The van der Waals surface area contributed by atoms with Crippen molar-refractivity contribution in [1.29, 1.82) is 5.26 Å². The molecule has 0 aromatic rings. The fraction of sp³-hybridized carbons (Fsp3) is 0.500. The van der Waals surface area contributed by atoms with E-state index >= 15 is 0 Å². The minimum Gasteiger partial charge on any atom is -0.197 e. The molecule has 0 aliphatic heterocycles. The molecule has 0 aromatic carbocycles. The van der Waals surface area contributed by atoms with Crippen molar-refractivity contribution in [3.8, 4) is 6.07 Å². The SMILES string of the molecule is [2H]C([2H])(Br)C#N. The number of rotatable bonds is 0. The maximum absolute atomic E-state index is 7.73. The second-order valence-corrected chi connectivity index (χ2v) is 0.603. The van der Waals surface area contributed by atoms with Crippen molar-refractivity contribution in [1.82, 2.24) is 0 Å². The number of hydrogen-bond donors (Lipinski definition) is 0. The van der Waals surface area contributed by atoms with Gasteiger partial charge in [-0.25, -0.2) is 0 Å². The largest absolute Gasteiger partial charge is 0.197 e. The number of alkyl halides is 1. The Morgan fingerprint density at radius 3 is 2.75 bits per heavy atom. The molecule has 1 nitrogen and oxygen atoms in total. The van der Waals surface area contributed by atoms with Crippen molar-refractivity contribution in [2.45, 2.75) is 0 Å². The van der Waals surface area contributed by atoms with Gasteiger partial charge in [0.25, 0.3) is 0 Å². The van der Waals surface area contributed by atoms with Crippen LogP contribution < -0.4 is 0 Å². The van der Waals surface area contributed by atoms with Gasteiger partial charge in [0.15, 0.2) is 0 Å². The Bertz CT molecular complexity index is 78.5. The average molecular weight is 122 g/mol. The van der Waals surface area contributed by atoms with Gasteiger partial charge in [0.1, 0.15) is 0 Å². The predicted octanol–water partition coefficient (Wildman–Crippen LogP) is 0.905. The molecular formula is C2H2BrN. The summed E-state index contributed by atoms with van der Waals surface area (Å²) in [6.45, 7) is 0. The molecule has 0 heterocycles. The van der Waals surface area contributed by atoms with E-state index in [0.717, 1.165) is 0 Å². The fourth-order valence-electron chi connectivity index (χ4n) is 0.